The van der Waals surface area contributed by atoms with Crippen molar-refractivity contribution in [3.8, 4) is 0 Å². The number of aromatic amines is 1. The van der Waals surface area contributed by atoms with Crippen LogP contribution >= 0.6 is 11.3 Å². The zero-order valence-electron chi connectivity index (χ0n) is 7.36. The number of hydrogen-bond acceptors (Lipinski definition) is 3. The van der Waals surface area contributed by atoms with Crippen molar-refractivity contribution in [1.82, 2.24) is 9.97 Å². The number of rotatable bonds is 3. The lowest BCUT2D eigenvalue weighted by Gasteiger charge is -1.98. The van der Waals surface area contributed by atoms with Gasteiger partial charge in [-0.2, -0.15) is 0 Å². The summed E-state index contributed by atoms with van der Waals surface area (Å²) in [5.74, 6) is -0.0533. The smallest absolute Gasteiger partial charge is 0.232 e. The first-order valence-electron chi connectivity index (χ1n) is 4.16. The second-order valence-electron chi connectivity index (χ2n) is 2.76. The second kappa shape index (κ2) is 4.06. The molecule has 0 aliphatic heterocycles. The minimum absolute atomic E-state index is 0.0533. The molecule has 1 amide bonds. The van der Waals surface area contributed by atoms with E-state index in [1.54, 1.807) is 12.4 Å². The van der Waals surface area contributed by atoms with Crippen molar-refractivity contribution in [2.45, 2.75) is 6.42 Å². The van der Waals surface area contributed by atoms with Gasteiger partial charge in [0.1, 0.15) is 0 Å². The predicted molar refractivity (Wildman–Crippen MR) is 55.2 cm³/mol. The van der Waals surface area contributed by atoms with Gasteiger partial charge in [0.15, 0.2) is 5.13 Å². The molecule has 0 fully saturated rings. The van der Waals surface area contributed by atoms with Crippen LogP contribution in [-0.2, 0) is 11.2 Å². The highest BCUT2D eigenvalue weighted by Crippen LogP contribution is 2.10. The topological polar surface area (TPSA) is 57.8 Å². The number of carbonyl (C=O) groups is 1. The van der Waals surface area contributed by atoms with Crippen molar-refractivity contribution in [1.29, 1.82) is 0 Å². The van der Waals surface area contributed by atoms with Crippen LogP contribution in [0.25, 0.3) is 0 Å². The van der Waals surface area contributed by atoms with Crippen molar-refractivity contribution >= 4 is 22.4 Å². The zero-order valence-corrected chi connectivity index (χ0v) is 8.17. The van der Waals surface area contributed by atoms with E-state index in [2.05, 4.69) is 15.3 Å². The summed E-state index contributed by atoms with van der Waals surface area (Å²) in [4.78, 5) is 18.3. The van der Waals surface area contributed by atoms with Gasteiger partial charge in [0, 0.05) is 23.5 Å². The fourth-order valence-electron chi connectivity index (χ4n) is 1.10. The van der Waals surface area contributed by atoms with E-state index in [1.165, 1.54) is 11.3 Å². The summed E-state index contributed by atoms with van der Waals surface area (Å²) in [5.41, 5.74) is 0.902. The monoisotopic (exact) mass is 207 g/mol. The molecule has 2 aromatic rings. The van der Waals surface area contributed by atoms with E-state index < -0.39 is 0 Å². The zero-order chi connectivity index (χ0) is 9.80. The van der Waals surface area contributed by atoms with Gasteiger partial charge in [0.2, 0.25) is 5.91 Å². The Kier molecular flexibility index (Phi) is 2.60. The molecule has 14 heavy (non-hydrogen) atoms. The molecule has 0 saturated heterocycles. The second-order valence-corrected chi connectivity index (χ2v) is 3.65. The molecule has 2 heterocycles. The van der Waals surface area contributed by atoms with Gasteiger partial charge in [-0.05, 0) is 12.1 Å². The Hall–Kier alpha value is -1.62. The normalized spacial score (nSPS) is 10.0. The van der Waals surface area contributed by atoms with Gasteiger partial charge in [-0.1, -0.05) is 0 Å². The van der Waals surface area contributed by atoms with E-state index in [0.29, 0.717) is 11.6 Å². The van der Waals surface area contributed by atoms with E-state index in [9.17, 15) is 4.79 Å². The molecule has 2 N–H and O–H groups in total. The fraction of sp³-hybridized carbons (Fsp3) is 0.111. The Labute approximate surface area is 85.0 Å². The van der Waals surface area contributed by atoms with E-state index in [4.69, 9.17) is 0 Å². The molecule has 0 atom stereocenters. The molecule has 0 radical (unpaired) electrons. The SMILES string of the molecule is O=C(Cc1ccc[nH]1)Nc1nccs1. The fourth-order valence-corrected chi connectivity index (χ4v) is 1.64. The maximum atomic E-state index is 11.4. The summed E-state index contributed by atoms with van der Waals surface area (Å²) in [6.45, 7) is 0. The van der Waals surface area contributed by atoms with Gasteiger partial charge in [-0.3, -0.25) is 4.79 Å². The average Bonchev–Trinajstić information content (AvgIpc) is 2.76. The highest BCUT2D eigenvalue weighted by molar-refractivity contribution is 7.13. The summed E-state index contributed by atoms with van der Waals surface area (Å²) >= 11 is 1.41. The lowest BCUT2D eigenvalue weighted by atomic mass is 10.3. The number of carbonyl (C=O) groups excluding carboxylic acids is 1. The molecule has 0 spiro atoms. The third-order valence-corrected chi connectivity index (χ3v) is 2.38. The average molecular weight is 207 g/mol. The molecule has 72 valence electrons. The van der Waals surface area contributed by atoms with Crippen molar-refractivity contribution in [2.75, 3.05) is 5.32 Å². The standard InChI is InChI=1S/C9H9N3OS/c13-8(6-7-2-1-3-10-7)12-9-11-4-5-14-9/h1-5,10H,6H2,(H,11,12,13). The molecule has 4 nitrogen and oxygen atoms in total. The van der Waals surface area contributed by atoms with Crippen LogP contribution < -0.4 is 5.32 Å². The first-order valence-corrected chi connectivity index (χ1v) is 5.04. The molecule has 0 unspecified atom stereocenters. The van der Waals surface area contributed by atoms with Crippen LogP contribution in [0.1, 0.15) is 5.69 Å². The van der Waals surface area contributed by atoms with Crippen molar-refractivity contribution in [3.63, 3.8) is 0 Å². The summed E-state index contributed by atoms with van der Waals surface area (Å²) in [6.07, 6.45) is 3.81. The first kappa shape index (κ1) is 8.96. The highest BCUT2D eigenvalue weighted by atomic mass is 32.1. The van der Waals surface area contributed by atoms with Crippen molar-refractivity contribution in [2.24, 2.45) is 0 Å². The number of nitrogens with one attached hydrogen (secondary N) is 2. The molecule has 5 heteroatoms. The van der Waals surface area contributed by atoms with Gasteiger partial charge >= 0.3 is 0 Å². The minimum atomic E-state index is -0.0533. The lowest BCUT2D eigenvalue weighted by molar-refractivity contribution is -0.115. The third-order valence-electron chi connectivity index (χ3n) is 1.69. The first-order chi connectivity index (χ1) is 6.84. The van der Waals surface area contributed by atoms with E-state index >= 15 is 0 Å². The number of aromatic nitrogens is 2. The van der Waals surface area contributed by atoms with Crippen LogP contribution in [0.2, 0.25) is 0 Å². The van der Waals surface area contributed by atoms with Crippen LogP contribution in [0.3, 0.4) is 0 Å². The van der Waals surface area contributed by atoms with Crippen molar-refractivity contribution < 1.29 is 4.79 Å². The summed E-state index contributed by atoms with van der Waals surface area (Å²) in [6, 6.07) is 3.74. The molecule has 0 aromatic carbocycles. The molecule has 0 saturated carbocycles. The van der Waals surface area contributed by atoms with Gasteiger partial charge in [-0.15, -0.1) is 11.3 Å². The highest BCUT2D eigenvalue weighted by Gasteiger charge is 2.05. The number of anilines is 1. The Morgan fingerprint density at radius 2 is 2.57 bits per heavy atom. The summed E-state index contributed by atoms with van der Waals surface area (Å²) < 4.78 is 0. The van der Waals surface area contributed by atoms with E-state index in [0.717, 1.165) is 5.69 Å². The Bertz CT molecular complexity index is 355. The summed E-state index contributed by atoms with van der Waals surface area (Å²) in [5, 5.41) is 5.17. The molecule has 2 rings (SSSR count). The Morgan fingerprint density at radius 1 is 1.64 bits per heavy atom. The predicted octanol–water partition coefficient (Wildman–Crippen LogP) is 1.65. The minimum Gasteiger partial charge on any atom is -0.365 e. The number of amides is 1. The van der Waals surface area contributed by atoms with E-state index in [-0.39, 0.29) is 5.91 Å². The number of H-pyrrole nitrogens is 1. The summed E-state index contributed by atoms with van der Waals surface area (Å²) in [7, 11) is 0. The molecule has 0 bridgehead atoms. The molecular weight excluding hydrogens is 198 g/mol. The Balaban J connectivity index is 1.91. The lowest BCUT2D eigenvalue weighted by Crippen LogP contribution is -2.14. The molecule has 0 aliphatic rings. The van der Waals surface area contributed by atoms with Crippen LogP contribution in [0.4, 0.5) is 5.13 Å². The molecule has 2 aromatic heterocycles. The van der Waals surface area contributed by atoms with Crippen LogP contribution in [0.5, 0.6) is 0 Å². The van der Waals surface area contributed by atoms with Gasteiger partial charge in [-0.25, -0.2) is 4.98 Å². The number of nitrogens with zero attached hydrogens (tertiary/aromatic N) is 1. The van der Waals surface area contributed by atoms with Gasteiger partial charge in [0.25, 0.3) is 0 Å². The van der Waals surface area contributed by atoms with Crippen LogP contribution in [0, 0.1) is 0 Å². The van der Waals surface area contributed by atoms with Crippen molar-refractivity contribution in [3.05, 3.63) is 35.6 Å². The maximum absolute atomic E-state index is 11.4. The number of hydrogen-bond donors (Lipinski definition) is 2. The largest absolute Gasteiger partial charge is 0.365 e. The van der Waals surface area contributed by atoms with Gasteiger partial charge in [0.05, 0.1) is 6.42 Å². The molecular formula is C9H9N3OS. The number of thiazole rings is 1. The third kappa shape index (κ3) is 2.20. The van der Waals surface area contributed by atoms with E-state index in [1.807, 2.05) is 17.5 Å². The van der Waals surface area contributed by atoms with Crippen LogP contribution in [-0.4, -0.2) is 15.9 Å². The van der Waals surface area contributed by atoms with Crippen LogP contribution in [0.15, 0.2) is 29.9 Å². The van der Waals surface area contributed by atoms with Gasteiger partial charge < -0.3 is 10.3 Å². The Morgan fingerprint density at radius 3 is 3.21 bits per heavy atom. The molecule has 0 aliphatic carbocycles. The maximum Gasteiger partial charge on any atom is 0.232 e. The quantitative estimate of drug-likeness (QED) is 0.804.